The van der Waals surface area contributed by atoms with Crippen molar-refractivity contribution in [2.24, 2.45) is 0 Å². The number of rotatable bonds is 5. The maximum absolute atomic E-state index is 11.6. The number of carboxylic acid groups (broad SMARTS) is 1. The maximum Gasteiger partial charge on any atom is 0.326 e. The lowest BCUT2D eigenvalue weighted by Crippen LogP contribution is -2.43. The number of amides is 2. The van der Waals surface area contributed by atoms with Gasteiger partial charge in [0.25, 0.3) is 0 Å². The van der Waals surface area contributed by atoms with Crippen LogP contribution in [0, 0.1) is 3.57 Å². The topological polar surface area (TPSA) is 98.7 Å². The third kappa shape index (κ3) is 5.21. The van der Waals surface area contributed by atoms with Crippen LogP contribution in [-0.2, 0) is 4.79 Å². The number of anilines is 1. The van der Waals surface area contributed by atoms with Gasteiger partial charge in [-0.2, -0.15) is 0 Å². The molecule has 0 bridgehead atoms. The average molecular weight is 399 g/mol. The van der Waals surface area contributed by atoms with E-state index < -0.39 is 18.0 Å². The Balaban J connectivity index is 2.66. The maximum atomic E-state index is 11.6. The summed E-state index contributed by atoms with van der Waals surface area (Å²) in [6.07, 6.45) is -0.0663. The van der Waals surface area contributed by atoms with Gasteiger partial charge >= 0.3 is 12.0 Å². The van der Waals surface area contributed by atoms with Gasteiger partial charge in [-0.1, -0.05) is 11.6 Å². The Labute approximate surface area is 128 Å². The van der Waals surface area contributed by atoms with Gasteiger partial charge in [0.15, 0.2) is 0 Å². The van der Waals surface area contributed by atoms with E-state index in [1.807, 2.05) is 0 Å². The monoisotopic (exact) mass is 398 g/mol. The van der Waals surface area contributed by atoms with Crippen LogP contribution >= 0.6 is 34.2 Å². The minimum absolute atomic E-state index is 0.0663. The van der Waals surface area contributed by atoms with Crippen molar-refractivity contribution in [2.45, 2.75) is 12.5 Å². The number of aliphatic hydroxyl groups is 1. The second-order valence-electron chi connectivity index (χ2n) is 3.63. The summed E-state index contributed by atoms with van der Waals surface area (Å²) in [6, 6.07) is 3.20. The van der Waals surface area contributed by atoms with Gasteiger partial charge in [-0.15, -0.1) is 0 Å². The summed E-state index contributed by atoms with van der Waals surface area (Å²) in [4.78, 5) is 22.4. The van der Waals surface area contributed by atoms with Crippen LogP contribution in [-0.4, -0.2) is 34.9 Å². The fourth-order valence-electron chi connectivity index (χ4n) is 1.29. The first-order valence-electron chi connectivity index (χ1n) is 5.30. The van der Waals surface area contributed by atoms with Crippen LogP contribution in [0.25, 0.3) is 0 Å². The number of carbonyl (C=O) groups excluding carboxylic acids is 1. The molecule has 0 radical (unpaired) electrons. The van der Waals surface area contributed by atoms with Crippen LogP contribution in [0.1, 0.15) is 6.42 Å². The summed E-state index contributed by atoms with van der Waals surface area (Å²) in [5.41, 5.74) is 0.382. The Kier molecular flexibility index (Phi) is 6.32. The Hall–Kier alpha value is -1.06. The standard InChI is InChI=1S/C11H12ClIN2O4/c12-7-5-6(13)1-2-8(7)14-11(19)15-9(3-4-16)10(17)18/h1-2,5,9,16H,3-4H2,(H,17,18)(H2,14,15,19)/t9-/m0/s1. The fraction of sp³-hybridized carbons (Fsp3) is 0.273. The highest BCUT2D eigenvalue weighted by Crippen LogP contribution is 2.23. The summed E-state index contributed by atoms with van der Waals surface area (Å²) in [6.45, 7) is -0.332. The molecule has 0 unspecified atom stereocenters. The van der Waals surface area contributed by atoms with Crippen molar-refractivity contribution in [1.82, 2.24) is 5.32 Å². The van der Waals surface area contributed by atoms with Gasteiger partial charge < -0.3 is 20.8 Å². The number of halogens is 2. The summed E-state index contributed by atoms with van der Waals surface area (Å²) in [5, 5.41) is 22.6. The van der Waals surface area contributed by atoms with Crippen molar-refractivity contribution in [3.05, 3.63) is 26.8 Å². The van der Waals surface area contributed by atoms with E-state index in [2.05, 4.69) is 33.2 Å². The van der Waals surface area contributed by atoms with Crippen molar-refractivity contribution in [2.75, 3.05) is 11.9 Å². The molecule has 0 aliphatic rings. The molecule has 1 aromatic rings. The molecular formula is C11H12ClIN2O4. The van der Waals surface area contributed by atoms with Crippen LogP contribution in [0.15, 0.2) is 18.2 Å². The molecule has 2 amide bonds. The number of aliphatic hydroxyl groups excluding tert-OH is 1. The van der Waals surface area contributed by atoms with E-state index in [1.54, 1.807) is 18.2 Å². The van der Waals surface area contributed by atoms with Crippen LogP contribution < -0.4 is 10.6 Å². The van der Waals surface area contributed by atoms with Crippen LogP contribution in [0.3, 0.4) is 0 Å². The highest BCUT2D eigenvalue weighted by atomic mass is 127. The van der Waals surface area contributed by atoms with Crippen LogP contribution in [0.5, 0.6) is 0 Å². The van der Waals surface area contributed by atoms with Crippen molar-refractivity contribution >= 4 is 51.9 Å². The van der Waals surface area contributed by atoms with E-state index in [9.17, 15) is 9.59 Å². The summed E-state index contributed by atoms with van der Waals surface area (Å²) >= 11 is 8.01. The highest BCUT2D eigenvalue weighted by molar-refractivity contribution is 14.1. The predicted octanol–water partition coefficient (Wildman–Crippen LogP) is 1.90. The Morgan fingerprint density at radius 1 is 1.42 bits per heavy atom. The zero-order chi connectivity index (χ0) is 14.4. The van der Waals surface area contributed by atoms with Crippen molar-refractivity contribution in [3.63, 3.8) is 0 Å². The second-order valence-corrected chi connectivity index (χ2v) is 5.28. The minimum Gasteiger partial charge on any atom is -0.480 e. The zero-order valence-electron chi connectivity index (χ0n) is 9.69. The first-order chi connectivity index (χ1) is 8.93. The lowest BCUT2D eigenvalue weighted by molar-refractivity contribution is -0.139. The number of carboxylic acids is 1. The molecule has 0 spiro atoms. The molecule has 0 fully saturated rings. The summed E-state index contributed by atoms with van der Waals surface area (Å²) in [5.74, 6) is -1.21. The molecular weight excluding hydrogens is 386 g/mol. The van der Waals surface area contributed by atoms with Crippen LogP contribution in [0.4, 0.5) is 10.5 Å². The molecule has 6 nitrogen and oxygen atoms in total. The van der Waals surface area contributed by atoms with Gasteiger partial charge in [0.05, 0.1) is 10.7 Å². The number of hydrogen-bond donors (Lipinski definition) is 4. The minimum atomic E-state index is -1.21. The average Bonchev–Trinajstić information content (AvgIpc) is 2.32. The van der Waals surface area contributed by atoms with Gasteiger partial charge in [0.1, 0.15) is 6.04 Å². The molecule has 1 atom stereocenters. The molecule has 1 rings (SSSR count). The lowest BCUT2D eigenvalue weighted by atomic mass is 10.2. The van der Waals surface area contributed by atoms with E-state index in [0.717, 1.165) is 3.57 Å². The first-order valence-corrected chi connectivity index (χ1v) is 6.76. The second kappa shape index (κ2) is 7.51. The summed E-state index contributed by atoms with van der Waals surface area (Å²) in [7, 11) is 0. The van der Waals surface area contributed by atoms with Crippen molar-refractivity contribution in [1.29, 1.82) is 0 Å². The molecule has 0 saturated carbocycles. The largest absolute Gasteiger partial charge is 0.480 e. The molecule has 1 aromatic carbocycles. The molecule has 0 aromatic heterocycles. The Bertz CT molecular complexity index is 484. The van der Waals surface area contributed by atoms with Gasteiger partial charge in [-0.25, -0.2) is 9.59 Å². The molecule has 104 valence electrons. The van der Waals surface area contributed by atoms with Crippen molar-refractivity contribution < 1.29 is 19.8 Å². The van der Waals surface area contributed by atoms with Gasteiger partial charge in [-0.05, 0) is 40.8 Å². The first kappa shape index (κ1) is 16.0. The molecule has 19 heavy (non-hydrogen) atoms. The third-order valence-corrected chi connectivity index (χ3v) is 3.18. The molecule has 4 N–H and O–H groups in total. The highest BCUT2D eigenvalue weighted by Gasteiger charge is 2.19. The molecule has 8 heteroatoms. The normalized spacial score (nSPS) is 11.7. The number of benzene rings is 1. The molecule has 0 aliphatic heterocycles. The SMILES string of the molecule is O=C(Nc1ccc(I)cc1Cl)N[C@@H](CCO)C(=O)O. The van der Waals surface area contributed by atoms with E-state index in [1.165, 1.54) is 0 Å². The van der Waals surface area contributed by atoms with Crippen molar-refractivity contribution in [3.8, 4) is 0 Å². The molecule has 0 heterocycles. The zero-order valence-corrected chi connectivity index (χ0v) is 12.6. The smallest absolute Gasteiger partial charge is 0.326 e. The van der Waals surface area contributed by atoms with E-state index in [0.29, 0.717) is 10.7 Å². The van der Waals surface area contributed by atoms with Gasteiger partial charge in [-0.3, -0.25) is 0 Å². The van der Waals surface area contributed by atoms with Gasteiger partial charge in [0, 0.05) is 16.6 Å². The number of aliphatic carboxylic acids is 1. The Morgan fingerprint density at radius 3 is 2.63 bits per heavy atom. The van der Waals surface area contributed by atoms with E-state index in [-0.39, 0.29) is 13.0 Å². The fourth-order valence-corrected chi connectivity index (χ4v) is 2.20. The Morgan fingerprint density at radius 2 is 2.11 bits per heavy atom. The predicted molar refractivity (Wildman–Crippen MR) is 79.5 cm³/mol. The van der Waals surface area contributed by atoms with E-state index in [4.69, 9.17) is 21.8 Å². The molecule has 0 aliphatic carbocycles. The molecule has 0 saturated heterocycles. The lowest BCUT2D eigenvalue weighted by Gasteiger charge is -2.14. The third-order valence-electron chi connectivity index (χ3n) is 2.20. The number of hydrogen-bond acceptors (Lipinski definition) is 3. The quantitative estimate of drug-likeness (QED) is 0.569. The summed E-state index contributed by atoms with van der Waals surface area (Å²) < 4.78 is 0.914. The van der Waals surface area contributed by atoms with Crippen LogP contribution in [0.2, 0.25) is 5.02 Å². The number of urea groups is 1. The van der Waals surface area contributed by atoms with E-state index >= 15 is 0 Å². The van der Waals surface area contributed by atoms with Gasteiger partial charge in [0.2, 0.25) is 0 Å². The number of carbonyl (C=O) groups is 2. The number of nitrogens with one attached hydrogen (secondary N) is 2.